The van der Waals surface area contributed by atoms with Crippen LogP contribution in [0.1, 0.15) is 29.5 Å². The number of ether oxygens (including phenoxy) is 2. The molecule has 5 N–H and O–H groups in total. The van der Waals surface area contributed by atoms with Gasteiger partial charge in [-0.1, -0.05) is 35.9 Å². The molecule has 1 aliphatic carbocycles. The second kappa shape index (κ2) is 12.0. The van der Waals surface area contributed by atoms with Gasteiger partial charge in [0, 0.05) is 11.4 Å². The van der Waals surface area contributed by atoms with Crippen molar-refractivity contribution in [3.63, 3.8) is 0 Å². The summed E-state index contributed by atoms with van der Waals surface area (Å²) in [6.45, 7) is 0.390. The molecule has 0 amide bonds. The van der Waals surface area contributed by atoms with E-state index in [1.165, 1.54) is 0 Å². The van der Waals surface area contributed by atoms with Gasteiger partial charge in [-0.15, -0.1) is 0 Å². The molecule has 0 aliphatic heterocycles. The zero-order chi connectivity index (χ0) is 23.1. The number of benzene rings is 2. The fraction of sp³-hybridized carbons (Fsp3) is 0.500. The van der Waals surface area contributed by atoms with Crippen molar-refractivity contribution in [2.24, 2.45) is 0 Å². The molecule has 0 spiro atoms. The van der Waals surface area contributed by atoms with Gasteiger partial charge in [0.15, 0.2) is 0 Å². The highest BCUT2D eigenvalue weighted by atomic mass is 35.5. The number of hydrogen-bond donors (Lipinski definition) is 5. The van der Waals surface area contributed by atoms with Gasteiger partial charge < -0.3 is 35.0 Å². The standard InChI is InChI=1S/C24H31ClO7/c25-20-8-3-16(13-21(27)23(29)24(30)22(28)14-26)12-17(20)11-15-1-4-18(5-2-15)31-9-10-32-19-6-7-19/h1-5,8,12,19,21-24,26-30H,6-7,9-11,13-14H2/t21-,22+,23+,24+/m0/s1. The lowest BCUT2D eigenvalue weighted by Crippen LogP contribution is -2.46. The van der Waals surface area contributed by atoms with Crippen molar-refractivity contribution in [1.29, 1.82) is 0 Å². The number of aliphatic hydroxyl groups is 5. The third kappa shape index (κ3) is 7.42. The van der Waals surface area contributed by atoms with Crippen LogP contribution in [0.15, 0.2) is 42.5 Å². The average Bonchev–Trinajstić information content (AvgIpc) is 3.63. The molecule has 0 radical (unpaired) electrons. The molecule has 1 fully saturated rings. The smallest absolute Gasteiger partial charge is 0.119 e. The van der Waals surface area contributed by atoms with Crippen LogP contribution in [-0.2, 0) is 17.6 Å². The van der Waals surface area contributed by atoms with Crippen LogP contribution in [0.3, 0.4) is 0 Å². The monoisotopic (exact) mass is 466 g/mol. The summed E-state index contributed by atoms with van der Waals surface area (Å²) in [5.41, 5.74) is 2.61. The van der Waals surface area contributed by atoms with Crippen LogP contribution in [0.5, 0.6) is 5.75 Å². The van der Waals surface area contributed by atoms with Gasteiger partial charge in [0.05, 0.1) is 25.4 Å². The molecule has 3 rings (SSSR count). The molecule has 32 heavy (non-hydrogen) atoms. The zero-order valence-electron chi connectivity index (χ0n) is 17.8. The molecule has 4 atom stereocenters. The molecule has 2 aromatic rings. The van der Waals surface area contributed by atoms with E-state index < -0.39 is 31.0 Å². The van der Waals surface area contributed by atoms with E-state index in [0.717, 1.165) is 35.3 Å². The Balaban J connectivity index is 1.55. The molecule has 2 aromatic carbocycles. The van der Waals surface area contributed by atoms with Gasteiger partial charge >= 0.3 is 0 Å². The lowest BCUT2D eigenvalue weighted by atomic mass is 9.95. The first-order chi connectivity index (χ1) is 15.4. The third-order valence-electron chi connectivity index (χ3n) is 5.43. The van der Waals surface area contributed by atoms with E-state index in [0.29, 0.717) is 30.8 Å². The average molecular weight is 467 g/mol. The highest BCUT2D eigenvalue weighted by molar-refractivity contribution is 6.31. The van der Waals surface area contributed by atoms with Crippen LogP contribution in [0.4, 0.5) is 0 Å². The van der Waals surface area contributed by atoms with E-state index in [1.54, 1.807) is 12.1 Å². The van der Waals surface area contributed by atoms with Crippen LogP contribution in [0.25, 0.3) is 0 Å². The summed E-state index contributed by atoms with van der Waals surface area (Å²) in [7, 11) is 0. The number of rotatable bonds is 13. The largest absolute Gasteiger partial charge is 0.491 e. The van der Waals surface area contributed by atoms with Crippen molar-refractivity contribution in [2.45, 2.75) is 56.2 Å². The minimum absolute atomic E-state index is 0.0518. The summed E-state index contributed by atoms with van der Waals surface area (Å²) in [4.78, 5) is 0. The Labute approximate surface area is 192 Å². The Bertz CT molecular complexity index is 841. The molecule has 0 heterocycles. The van der Waals surface area contributed by atoms with Crippen LogP contribution < -0.4 is 4.74 Å². The third-order valence-corrected chi connectivity index (χ3v) is 5.80. The Morgan fingerprint density at radius 3 is 2.19 bits per heavy atom. The van der Waals surface area contributed by atoms with Crippen molar-refractivity contribution in [2.75, 3.05) is 19.8 Å². The number of halogens is 1. The highest BCUT2D eigenvalue weighted by Gasteiger charge is 2.30. The van der Waals surface area contributed by atoms with Gasteiger partial charge in [-0.3, -0.25) is 0 Å². The summed E-state index contributed by atoms with van der Waals surface area (Å²) >= 11 is 6.35. The lowest BCUT2D eigenvalue weighted by molar-refractivity contribution is -0.114. The molecule has 8 heteroatoms. The Morgan fingerprint density at radius 1 is 0.875 bits per heavy atom. The van der Waals surface area contributed by atoms with Gasteiger partial charge in [-0.25, -0.2) is 0 Å². The molecule has 0 aromatic heterocycles. The molecular weight excluding hydrogens is 436 g/mol. The summed E-state index contributed by atoms with van der Waals surface area (Å²) in [6, 6.07) is 13.0. The summed E-state index contributed by atoms with van der Waals surface area (Å²) in [5, 5.41) is 49.0. The quantitative estimate of drug-likeness (QED) is 0.283. The van der Waals surface area contributed by atoms with E-state index in [2.05, 4.69) is 0 Å². The van der Waals surface area contributed by atoms with E-state index in [9.17, 15) is 20.4 Å². The van der Waals surface area contributed by atoms with Crippen molar-refractivity contribution in [3.8, 4) is 5.75 Å². The maximum atomic E-state index is 10.2. The van der Waals surface area contributed by atoms with E-state index >= 15 is 0 Å². The first-order valence-electron chi connectivity index (χ1n) is 10.8. The SMILES string of the molecule is OC[C@@H](O)[C@@H](O)[C@H](O)[C@@H](O)Cc1ccc(Cl)c(Cc2ccc(OCCOC3CC3)cc2)c1. The topological polar surface area (TPSA) is 120 Å². The van der Waals surface area contributed by atoms with Gasteiger partial charge in [0.25, 0.3) is 0 Å². The van der Waals surface area contributed by atoms with Gasteiger partial charge in [-0.05, 0) is 54.2 Å². The van der Waals surface area contributed by atoms with Gasteiger partial charge in [0.1, 0.15) is 30.7 Å². The maximum Gasteiger partial charge on any atom is 0.119 e. The highest BCUT2D eigenvalue weighted by Crippen LogP contribution is 2.24. The van der Waals surface area contributed by atoms with Crippen LogP contribution in [0.2, 0.25) is 5.02 Å². The fourth-order valence-electron chi connectivity index (χ4n) is 3.35. The normalized spacial score (nSPS) is 17.6. The second-order valence-electron chi connectivity index (χ2n) is 8.17. The van der Waals surface area contributed by atoms with Gasteiger partial charge in [0.2, 0.25) is 0 Å². The summed E-state index contributed by atoms with van der Waals surface area (Å²) in [6.07, 6.45) is -2.76. The molecule has 1 saturated carbocycles. The van der Waals surface area contributed by atoms with Crippen molar-refractivity contribution in [3.05, 3.63) is 64.2 Å². The Hall–Kier alpha value is -1.71. The minimum Gasteiger partial charge on any atom is -0.491 e. The molecule has 0 unspecified atom stereocenters. The van der Waals surface area contributed by atoms with Crippen molar-refractivity contribution in [1.82, 2.24) is 0 Å². The van der Waals surface area contributed by atoms with E-state index in [-0.39, 0.29) is 6.42 Å². The first-order valence-corrected chi connectivity index (χ1v) is 11.2. The number of aliphatic hydroxyl groups excluding tert-OH is 5. The summed E-state index contributed by atoms with van der Waals surface area (Å²) in [5.74, 6) is 0.772. The predicted octanol–water partition coefficient (Wildman–Crippen LogP) is 1.47. The first kappa shape index (κ1) is 24.9. The second-order valence-corrected chi connectivity index (χ2v) is 8.57. The minimum atomic E-state index is -1.65. The van der Waals surface area contributed by atoms with Crippen molar-refractivity contribution < 1.29 is 35.0 Å². The molecule has 1 aliphatic rings. The molecule has 7 nitrogen and oxygen atoms in total. The van der Waals surface area contributed by atoms with Crippen LogP contribution in [0, 0.1) is 0 Å². The predicted molar refractivity (Wildman–Crippen MR) is 120 cm³/mol. The molecular formula is C24H31ClO7. The van der Waals surface area contributed by atoms with E-state index in [4.69, 9.17) is 26.2 Å². The van der Waals surface area contributed by atoms with Crippen LogP contribution >= 0.6 is 11.6 Å². The Morgan fingerprint density at radius 2 is 1.53 bits per heavy atom. The van der Waals surface area contributed by atoms with Crippen molar-refractivity contribution >= 4 is 11.6 Å². The van der Waals surface area contributed by atoms with E-state index in [1.807, 2.05) is 30.3 Å². The molecule has 176 valence electrons. The molecule has 0 bridgehead atoms. The molecule has 0 saturated heterocycles. The lowest BCUT2D eigenvalue weighted by Gasteiger charge is -2.25. The van der Waals surface area contributed by atoms with Crippen LogP contribution in [-0.4, -0.2) is 75.9 Å². The summed E-state index contributed by atoms with van der Waals surface area (Å²) < 4.78 is 11.2. The maximum absolute atomic E-state index is 10.2. The fourth-order valence-corrected chi connectivity index (χ4v) is 3.53. The number of hydrogen-bond acceptors (Lipinski definition) is 7. The Kier molecular flexibility index (Phi) is 9.31. The van der Waals surface area contributed by atoms with Gasteiger partial charge in [-0.2, -0.15) is 0 Å². The zero-order valence-corrected chi connectivity index (χ0v) is 18.6.